The minimum absolute atomic E-state index is 0.466. The van der Waals surface area contributed by atoms with Gasteiger partial charge in [0.15, 0.2) is 0 Å². The maximum atomic E-state index is 10.2. The highest BCUT2D eigenvalue weighted by molar-refractivity contribution is 7.40. The lowest BCUT2D eigenvalue weighted by Crippen LogP contribution is -1.88. The second kappa shape index (κ2) is 1.70. The molecule has 0 amide bonds. The first-order valence-electron chi connectivity index (χ1n) is 2.12. The van der Waals surface area contributed by atoms with E-state index in [1.165, 1.54) is 6.16 Å². The van der Waals surface area contributed by atoms with Crippen LogP contribution in [0, 0.1) is 0 Å². The van der Waals surface area contributed by atoms with Gasteiger partial charge in [-0.3, -0.25) is 4.79 Å². The summed E-state index contributed by atoms with van der Waals surface area (Å²) in [7, 11) is 0.939. The second-order valence-electron chi connectivity index (χ2n) is 1.47. The van der Waals surface area contributed by atoms with E-state index < -0.39 is 0 Å². The second-order valence-corrected chi connectivity index (χ2v) is 2.82. The highest BCUT2D eigenvalue weighted by atomic mass is 31.1. The van der Waals surface area contributed by atoms with E-state index in [0.29, 0.717) is 5.78 Å². The van der Waals surface area contributed by atoms with Crippen molar-refractivity contribution >= 4 is 14.4 Å². The molecular formula is C4H7OP. The number of carbonyl (C=O) groups is 1. The van der Waals surface area contributed by atoms with Crippen LogP contribution in [0.15, 0.2) is 0 Å². The first-order chi connectivity index (χ1) is 2.89. The van der Waals surface area contributed by atoms with Gasteiger partial charge in [-0.2, -0.15) is 0 Å². The third-order valence-corrected chi connectivity index (χ3v) is 2.15. The van der Waals surface area contributed by atoms with Gasteiger partial charge in [0.05, 0.1) is 0 Å². The van der Waals surface area contributed by atoms with E-state index in [-0.39, 0.29) is 0 Å². The fourth-order valence-electron chi connectivity index (χ4n) is 0.544. The molecule has 0 radical (unpaired) electrons. The lowest BCUT2D eigenvalue weighted by molar-refractivity contribution is -0.115. The highest BCUT2D eigenvalue weighted by Crippen LogP contribution is 2.19. The Hall–Kier alpha value is 0.100. The van der Waals surface area contributed by atoms with Crippen LogP contribution in [0.25, 0.3) is 0 Å². The molecule has 0 bridgehead atoms. The van der Waals surface area contributed by atoms with Crippen molar-refractivity contribution in [2.75, 3.05) is 12.3 Å². The van der Waals surface area contributed by atoms with Gasteiger partial charge < -0.3 is 0 Å². The molecule has 0 N–H and O–H groups in total. The molecular weight excluding hydrogens is 95.0 g/mol. The SMILES string of the molecule is O=C1CCPC1. The minimum atomic E-state index is 0.466. The average Bonchev–Trinajstić information content (AvgIpc) is 1.86. The zero-order valence-corrected chi connectivity index (χ0v) is 4.53. The number of Topliss-reactive ketones (excluding diaryl/α,β-unsaturated/α-hetero) is 1. The molecule has 1 unspecified atom stereocenters. The van der Waals surface area contributed by atoms with Crippen LogP contribution in [0.1, 0.15) is 6.42 Å². The van der Waals surface area contributed by atoms with Crippen LogP contribution in [-0.2, 0) is 4.79 Å². The van der Waals surface area contributed by atoms with Crippen molar-refractivity contribution in [1.29, 1.82) is 0 Å². The van der Waals surface area contributed by atoms with Crippen molar-refractivity contribution < 1.29 is 4.79 Å². The molecule has 34 valence electrons. The Morgan fingerprint density at radius 1 is 1.67 bits per heavy atom. The first-order valence-corrected chi connectivity index (χ1v) is 3.53. The van der Waals surface area contributed by atoms with Gasteiger partial charge in [0.2, 0.25) is 0 Å². The molecule has 1 rings (SSSR count). The van der Waals surface area contributed by atoms with Crippen molar-refractivity contribution in [3.63, 3.8) is 0 Å². The van der Waals surface area contributed by atoms with Gasteiger partial charge in [0, 0.05) is 12.6 Å². The van der Waals surface area contributed by atoms with Gasteiger partial charge in [0.25, 0.3) is 0 Å². The summed E-state index contributed by atoms with van der Waals surface area (Å²) in [5.41, 5.74) is 0. The smallest absolute Gasteiger partial charge is 0.137 e. The molecule has 0 aromatic carbocycles. The van der Waals surface area contributed by atoms with Crippen molar-refractivity contribution in [2.45, 2.75) is 6.42 Å². The highest BCUT2D eigenvalue weighted by Gasteiger charge is 2.07. The number of ketones is 1. The minimum Gasteiger partial charge on any atom is -0.299 e. The lowest BCUT2D eigenvalue weighted by atomic mass is 10.4. The Labute approximate surface area is 38.9 Å². The van der Waals surface area contributed by atoms with E-state index in [4.69, 9.17) is 0 Å². The molecule has 1 fully saturated rings. The number of hydrogen-bond acceptors (Lipinski definition) is 1. The maximum Gasteiger partial charge on any atom is 0.137 e. The number of carbonyl (C=O) groups excluding carboxylic acids is 1. The topological polar surface area (TPSA) is 17.1 Å². The summed E-state index contributed by atoms with van der Waals surface area (Å²) < 4.78 is 0. The van der Waals surface area contributed by atoms with E-state index in [1.54, 1.807) is 0 Å². The van der Waals surface area contributed by atoms with E-state index in [9.17, 15) is 4.79 Å². The Balaban J connectivity index is 2.37. The zero-order valence-electron chi connectivity index (χ0n) is 3.53. The predicted octanol–water partition coefficient (Wildman–Crippen LogP) is 0.638. The lowest BCUT2D eigenvalue weighted by Gasteiger charge is -1.71. The summed E-state index contributed by atoms with van der Waals surface area (Å²) in [6.45, 7) is 0. The summed E-state index contributed by atoms with van der Waals surface area (Å²) in [6.07, 6.45) is 2.90. The standard InChI is InChI=1S/C4H7OP/c5-4-1-2-6-3-4/h6H,1-3H2. The van der Waals surface area contributed by atoms with Gasteiger partial charge in [-0.1, -0.05) is 0 Å². The van der Waals surface area contributed by atoms with Gasteiger partial charge in [0.1, 0.15) is 5.78 Å². The average molecular weight is 102 g/mol. The quantitative estimate of drug-likeness (QED) is 0.410. The van der Waals surface area contributed by atoms with Gasteiger partial charge >= 0.3 is 0 Å². The molecule has 1 heterocycles. The van der Waals surface area contributed by atoms with Crippen LogP contribution in [0.2, 0.25) is 0 Å². The molecule has 6 heavy (non-hydrogen) atoms. The van der Waals surface area contributed by atoms with Crippen molar-refractivity contribution in [3.8, 4) is 0 Å². The van der Waals surface area contributed by atoms with Crippen molar-refractivity contribution in [3.05, 3.63) is 0 Å². The number of hydrogen-bond donors (Lipinski definition) is 0. The summed E-state index contributed by atoms with van der Waals surface area (Å²) in [6, 6.07) is 0. The third kappa shape index (κ3) is 0.782. The Morgan fingerprint density at radius 3 is 2.67 bits per heavy atom. The molecule has 1 aliphatic rings. The molecule has 1 saturated heterocycles. The molecule has 1 atom stereocenters. The number of rotatable bonds is 0. The Kier molecular flexibility index (Phi) is 1.21. The van der Waals surface area contributed by atoms with Crippen LogP contribution in [0.3, 0.4) is 0 Å². The molecule has 1 aliphatic heterocycles. The van der Waals surface area contributed by atoms with Crippen LogP contribution < -0.4 is 0 Å². The van der Waals surface area contributed by atoms with Gasteiger partial charge in [-0.25, -0.2) is 0 Å². The van der Waals surface area contributed by atoms with Gasteiger partial charge in [-0.05, 0) is 6.16 Å². The normalized spacial score (nSPS) is 26.3. The Morgan fingerprint density at radius 2 is 2.50 bits per heavy atom. The molecule has 0 saturated carbocycles. The molecule has 0 aromatic heterocycles. The molecule has 0 aromatic rings. The first kappa shape index (κ1) is 4.26. The zero-order chi connectivity index (χ0) is 4.41. The monoisotopic (exact) mass is 102 g/mol. The van der Waals surface area contributed by atoms with E-state index in [1.807, 2.05) is 0 Å². The van der Waals surface area contributed by atoms with Crippen LogP contribution in [0.4, 0.5) is 0 Å². The predicted molar refractivity (Wildman–Crippen MR) is 27.7 cm³/mol. The fraction of sp³-hybridized carbons (Fsp3) is 0.750. The maximum absolute atomic E-state index is 10.2. The third-order valence-electron chi connectivity index (χ3n) is 0.903. The molecule has 0 spiro atoms. The van der Waals surface area contributed by atoms with Crippen molar-refractivity contribution in [2.24, 2.45) is 0 Å². The van der Waals surface area contributed by atoms with E-state index >= 15 is 0 Å². The van der Waals surface area contributed by atoms with Crippen molar-refractivity contribution in [1.82, 2.24) is 0 Å². The summed E-state index contributed by atoms with van der Waals surface area (Å²) >= 11 is 0. The van der Waals surface area contributed by atoms with Crippen LogP contribution >= 0.6 is 8.58 Å². The summed E-state index contributed by atoms with van der Waals surface area (Å²) in [5.74, 6) is 0.466. The van der Waals surface area contributed by atoms with Crippen LogP contribution in [0.5, 0.6) is 0 Å². The van der Waals surface area contributed by atoms with Gasteiger partial charge in [-0.15, -0.1) is 8.58 Å². The van der Waals surface area contributed by atoms with E-state index in [0.717, 1.165) is 21.2 Å². The Bertz CT molecular complexity index is 61.9. The van der Waals surface area contributed by atoms with Crippen LogP contribution in [-0.4, -0.2) is 18.1 Å². The van der Waals surface area contributed by atoms with E-state index in [2.05, 4.69) is 0 Å². The molecule has 2 heteroatoms. The fourth-order valence-corrected chi connectivity index (χ4v) is 1.63. The molecule has 1 nitrogen and oxygen atoms in total. The largest absolute Gasteiger partial charge is 0.299 e. The summed E-state index contributed by atoms with van der Waals surface area (Å²) in [4.78, 5) is 10.2. The summed E-state index contributed by atoms with van der Waals surface area (Å²) in [5, 5.41) is 0. The molecule has 0 aliphatic carbocycles.